The van der Waals surface area contributed by atoms with E-state index < -0.39 is 0 Å². The number of amides is 1. The number of nitrogens with one attached hydrogen (secondary N) is 1. The van der Waals surface area contributed by atoms with Crippen molar-refractivity contribution < 1.29 is 14.3 Å². The van der Waals surface area contributed by atoms with Crippen molar-refractivity contribution in [1.82, 2.24) is 15.3 Å². The lowest BCUT2D eigenvalue weighted by Gasteiger charge is -2.32. The highest BCUT2D eigenvalue weighted by Crippen LogP contribution is 2.30. The number of aliphatic hydroxyl groups is 1. The number of carbonyl (C=O) groups is 1. The molecule has 1 saturated heterocycles. The summed E-state index contributed by atoms with van der Waals surface area (Å²) in [6.07, 6.45) is 8.15. The highest BCUT2D eigenvalue weighted by Gasteiger charge is 2.27. The third kappa shape index (κ3) is 3.69. The number of furan rings is 1. The van der Waals surface area contributed by atoms with Gasteiger partial charge >= 0.3 is 0 Å². The Morgan fingerprint density at radius 1 is 1.37 bits per heavy atom. The van der Waals surface area contributed by atoms with Gasteiger partial charge in [-0.2, -0.15) is 0 Å². The van der Waals surface area contributed by atoms with E-state index >= 15 is 0 Å². The number of hydrogen-bond acceptors (Lipinski definition) is 6. The summed E-state index contributed by atoms with van der Waals surface area (Å²) in [6, 6.07) is 1.63. The summed E-state index contributed by atoms with van der Waals surface area (Å²) in [5.74, 6) is 1.67. The second-order valence-corrected chi connectivity index (χ2v) is 7.49. The fraction of sp³-hybridized carbons (Fsp3) is 0.550. The highest BCUT2D eigenvalue weighted by molar-refractivity contribution is 5.95. The number of fused-ring (bicyclic) bond motifs is 1. The maximum Gasteiger partial charge on any atom is 0.255 e. The first kappa shape index (κ1) is 18.0. The van der Waals surface area contributed by atoms with Gasteiger partial charge in [-0.25, -0.2) is 9.97 Å². The summed E-state index contributed by atoms with van der Waals surface area (Å²) in [5.41, 5.74) is 2.63. The van der Waals surface area contributed by atoms with Crippen LogP contribution in [0.15, 0.2) is 22.9 Å². The highest BCUT2D eigenvalue weighted by atomic mass is 16.3. The van der Waals surface area contributed by atoms with E-state index in [-0.39, 0.29) is 18.6 Å². The third-order valence-corrected chi connectivity index (χ3v) is 5.73. The lowest BCUT2D eigenvalue weighted by molar-refractivity contribution is 0.0931. The number of anilines is 1. The van der Waals surface area contributed by atoms with Crippen LogP contribution >= 0.6 is 0 Å². The van der Waals surface area contributed by atoms with Gasteiger partial charge in [-0.15, -0.1) is 0 Å². The molecule has 0 bridgehead atoms. The average molecular weight is 370 g/mol. The summed E-state index contributed by atoms with van der Waals surface area (Å²) in [7, 11) is 0. The molecule has 7 nitrogen and oxygen atoms in total. The number of aryl methyl sites for hydroxylation is 2. The molecule has 1 aliphatic carbocycles. The fourth-order valence-electron chi connectivity index (χ4n) is 4.01. The van der Waals surface area contributed by atoms with Crippen molar-refractivity contribution in [3.63, 3.8) is 0 Å². The molecule has 144 valence electrons. The fourth-order valence-corrected chi connectivity index (χ4v) is 4.01. The normalized spacial score (nSPS) is 20.4. The van der Waals surface area contributed by atoms with Gasteiger partial charge in [-0.3, -0.25) is 4.79 Å². The molecule has 0 radical (unpaired) electrons. The van der Waals surface area contributed by atoms with Crippen LogP contribution in [0.4, 0.5) is 5.95 Å². The van der Waals surface area contributed by atoms with Gasteiger partial charge in [0.25, 0.3) is 5.91 Å². The van der Waals surface area contributed by atoms with Crippen LogP contribution in [0.5, 0.6) is 0 Å². The van der Waals surface area contributed by atoms with E-state index in [0.29, 0.717) is 17.2 Å². The van der Waals surface area contributed by atoms with Gasteiger partial charge in [0.05, 0.1) is 23.6 Å². The van der Waals surface area contributed by atoms with Gasteiger partial charge in [-0.1, -0.05) is 0 Å². The van der Waals surface area contributed by atoms with E-state index in [4.69, 9.17) is 9.40 Å². The van der Waals surface area contributed by atoms with Crippen LogP contribution in [0.3, 0.4) is 0 Å². The molecule has 1 atom stereocenters. The zero-order valence-electron chi connectivity index (χ0n) is 15.6. The molecular weight excluding hydrogens is 344 g/mol. The number of piperidine rings is 1. The van der Waals surface area contributed by atoms with E-state index in [9.17, 15) is 9.90 Å². The molecule has 2 aromatic heterocycles. The number of aromatic nitrogens is 2. The van der Waals surface area contributed by atoms with Crippen molar-refractivity contribution in [2.24, 2.45) is 5.92 Å². The largest absolute Gasteiger partial charge is 0.469 e. The minimum absolute atomic E-state index is 0.0651. The molecular formula is C20H26N4O3. The molecule has 2 aliphatic rings. The second-order valence-electron chi connectivity index (χ2n) is 7.49. The van der Waals surface area contributed by atoms with Crippen LogP contribution in [0.25, 0.3) is 0 Å². The second kappa shape index (κ2) is 7.68. The summed E-state index contributed by atoms with van der Waals surface area (Å²) in [5, 5.41) is 12.4. The summed E-state index contributed by atoms with van der Waals surface area (Å²) in [6.45, 7) is 3.81. The molecule has 0 saturated carbocycles. The van der Waals surface area contributed by atoms with Crippen molar-refractivity contribution in [3.8, 4) is 0 Å². The molecule has 1 amide bonds. The van der Waals surface area contributed by atoms with Gasteiger partial charge in [0.2, 0.25) is 5.95 Å². The Morgan fingerprint density at radius 2 is 2.19 bits per heavy atom. The Morgan fingerprint density at radius 3 is 2.89 bits per heavy atom. The third-order valence-electron chi connectivity index (χ3n) is 5.73. The number of carbonyl (C=O) groups excluding carboxylic acids is 1. The van der Waals surface area contributed by atoms with E-state index in [1.165, 1.54) is 6.26 Å². The average Bonchev–Trinajstić information content (AvgIpc) is 3.14. The minimum atomic E-state index is -0.116. The Labute approximate surface area is 158 Å². The number of nitrogens with zero attached hydrogens (tertiary/aromatic N) is 3. The van der Waals surface area contributed by atoms with E-state index in [1.54, 1.807) is 13.0 Å². The lowest BCUT2D eigenvalue weighted by atomic mass is 9.92. The molecule has 0 spiro atoms. The SMILES string of the molecule is Cc1occc1C(=O)NC1CCCc2nc(N3CCC(CO)CC3)ncc21. The molecule has 2 aromatic rings. The molecule has 2 N–H and O–H groups in total. The predicted molar refractivity (Wildman–Crippen MR) is 101 cm³/mol. The van der Waals surface area contributed by atoms with Crippen molar-refractivity contribution in [3.05, 3.63) is 41.1 Å². The maximum absolute atomic E-state index is 12.5. The Hall–Kier alpha value is -2.41. The van der Waals surface area contributed by atoms with Crippen LogP contribution in [-0.2, 0) is 6.42 Å². The number of aliphatic hydroxyl groups excluding tert-OH is 1. The van der Waals surface area contributed by atoms with Gasteiger partial charge in [0, 0.05) is 31.5 Å². The molecule has 1 unspecified atom stereocenters. The molecule has 7 heteroatoms. The quantitative estimate of drug-likeness (QED) is 0.859. The van der Waals surface area contributed by atoms with Gasteiger partial charge < -0.3 is 19.7 Å². The molecule has 0 aromatic carbocycles. The van der Waals surface area contributed by atoms with Crippen LogP contribution < -0.4 is 10.2 Å². The van der Waals surface area contributed by atoms with Gasteiger partial charge in [0.1, 0.15) is 5.76 Å². The zero-order chi connectivity index (χ0) is 18.8. The van der Waals surface area contributed by atoms with Crippen molar-refractivity contribution in [2.45, 2.75) is 45.1 Å². The first-order valence-electron chi connectivity index (χ1n) is 9.72. The summed E-state index contributed by atoms with van der Waals surface area (Å²) >= 11 is 0. The zero-order valence-corrected chi connectivity index (χ0v) is 15.6. The standard InChI is InChI=1S/C20H26N4O3/c1-13-15(7-10-27-13)19(26)22-17-3-2-4-18-16(17)11-21-20(23-18)24-8-5-14(12-25)6-9-24/h7,10-11,14,17,25H,2-6,8-9,12H2,1H3,(H,22,26). The first-order valence-corrected chi connectivity index (χ1v) is 9.72. The Bertz CT molecular complexity index is 811. The Kier molecular flexibility index (Phi) is 5.11. The monoisotopic (exact) mass is 370 g/mol. The molecule has 3 heterocycles. The molecule has 4 rings (SSSR count). The number of hydrogen-bond donors (Lipinski definition) is 2. The topological polar surface area (TPSA) is 91.5 Å². The lowest BCUT2D eigenvalue weighted by Crippen LogP contribution is -2.36. The predicted octanol–water partition coefficient (Wildman–Crippen LogP) is 2.39. The Balaban J connectivity index is 1.49. The maximum atomic E-state index is 12.5. The van der Waals surface area contributed by atoms with Crippen LogP contribution in [0.1, 0.15) is 59.1 Å². The smallest absolute Gasteiger partial charge is 0.255 e. The summed E-state index contributed by atoms with van der Waals surface area (Å²) < 4.78 is 5.24. The van der Waals surface area contributed by atoms with Gasteiger partial charge in [0.15, 0.2) is 0 Å². The molecule has 27 heavy (non-hydrogen) atoms. The van der Waals surface area contributed by atoms with E-state index in [2.05, 4.69) is 15.2 Å². The van der Waals surface area contributed by atoms with E-state index in [0.717, 1.165) is 62.4 Å². The molecule has 1 fully saturated rings. The van der Waals surface area contributed by atoms with Crippen molar-refractivity contribution >= 4 is 11.9 Å². The number of rotatable bonds is 4. The van der Waals surface area contributed by atoms with Gasteiger partial charge in [-0.05, 0) is 51.0 Å². The minimum Gasteiger partial charge on any atom is -0.469 e. The first-order chi connectivity index (χ1) is 13.2. The van der Waals surface area contributed by atoms with Crippen LogP contribution in [-0.4, -0.2) is 40.7 Å². The van der Waals surface area contributed by atoms with Crippen LogP contribution in [0.2, 0.25) is 0 Å². The molecule has 1 aliphatic heterocycles. The summed E-state index contributed by atoms with van der Waals surface area (Å²) in [4.78, 5) is 24.1. The van der Waals surface area contributed by atoms with Crippen molar-refractivity contribution in [2.75, 3.05) is 24.6 Å². The van der Waals surface area contributed by atoms with Crippen LogP contribution in [0, 0.1) is 12.8 Å². The van der Waals surface area contributed by atoms with E-state index in [1.807, 2.05) is 6.20 Å². The van der Waals surface area contributed by atoms with Crippen molar-refractivity contribution in [1.29, 1.82) is 0 Å².